The van der Waals surface area contributed by atoms with Crippen LogP contribution in [0.15, 0.2) is 60.7 Å². The molecule has 1 aliphatic rings. The van der Waals surface area contributed by atoms with Crippen molar-refractivity contribution < 1.29 is 14.7 Å². The van der Waals surface area contributed by atoms with Crippen molar-refractivity contribution in [3.05, 3.63) is 82.4 Å². The number of hydrogen-bond donors (Lipinski definition) is 2. The number of piperidine rings is 1. The predicted molar refractivity (Wildman–Crippen MR) is 127 cm³/mol. The third-order valence-electron chi connectivity index (χ3n) is 6.06. The second kappa shape index (κ2) is 10.2. The Balaban J connectivity index is 1.22. The summed E-state index contributed by atoms with van der Waals surface area (Å²) in [6, 6.07) is 19.2. The minimum absolute atomic E-state index is 0.0856. The first-order chi connectivity index (χ1) is 15.5. The van der Waals surface area contributed by atoms with Crippen LogP contribution in [-0.2, 0) is 17.8 Å². The molecule has 1 fully saturated rings. The van der Waals surface area contributed by atoms with Crippen molar-refractivity contribution in [2.45, 2.75) is 38.3 Å². The van der Waals surface area contributed by atoms with Crippen LogP contribution >= 0.6 is 11.6 Å². The van der Waals surface area contributed by atoms with Crippen molar-refractivity contribution in [1.29, 1.82) is 0 Å². The number of nitrogens with zero attached hydrogens (tertiary/aromatic N) is 1. The lowest BCUT2D eigenvalue weighted by atomic mass is 10.0. The molecule has 3 aromatic carbocycles. The fraction of sp³-hybridized carbons (Fsp3) is 0.308. The summed E-state index contributed by atoms with van der Waals surface area (Å²) >= 11 is 5.96. The van der Waals surface area contributed by atoms with Gasteiger partial charge in [-0.1, -0.05) is 48.0 Å². The molecule has 0 aromatic heterocycles. The quantitative estimate of drug-likeness (QED) is 0.537. The summed E-state index contributed by atoms with van der Waals surface area (Å²) in [4.78, 5) is 26.0. The van der Waals surface area contributed by atoms with Gasteiger partial charge >= 0.3 is 5.97 Å². The lowest BCUT2D eigenvalue weighted by Gasteiger charge is -2.32. The normalized spacial score (nSPS) is 15.0. The molecule has 0 bridgehead atoms. The number of carbonyl (C=O) groups excluding carboxylic acids is 1. The number of likely N-dealkylation sites (tertiary alicyclic amines) is 1. The molecule has 32 heavy (non-hydrogen) atoms. The number of aromatic carboxylic acids is 1. The first kappa shape index (κ1) is 22.3. The number of carboxylic acid groups (broad SMARTS) is 1. The summed E-state index contributed by atoms with van der Waals surface area (Å²) in [6.07, 6.45) is 3.03. The number of benzene rings is 3. The molecule has 4 rings (SSSR count). The molecule has 1 heterocycles. The van der Waals surface area contributed by atoms with Gasteiger partial charge in [-0.25, -0.2) is 4.79 Å². The SMILES string of the molecule is O=C(CCc1ccc2cc(C(=O)O)ccc2c1)NC1CCN(Cc2ccc(Cl)cc2)CC1. The molecule has 5 nitrogen and oxygen atoms in total. The summed E-state index contributed by atoms with van der Waals surface area (Å²) in [5.41, 5.74) is 2.61. The van der Waals surface area contributed by atoms with E-state index in [0.717, 1.165) is 53.8 Å². The van der Waals surface area contributed by atoms with Gasteiger partial charge < -0.3 is 10.4 Å². The van der Waals surface area contributed by atoms with Gasteiger partial charge in [0.05, 0.1) is 5.56 Å². The second-order valence-corrected chi connectivity index (χ2v) is 8.88. The zero-order valence-electron chi connectivity index (χ0n) is 17.9. The average Bonchev–Trinajstić information content (AvgIpc) is 2.80. The standard InChI is InChI=1S/C26H27ClN2O3/c27-23-8-2-19(3-9-23)17-29-13-11-24(12-14-29)28-25(30)10-4-18-1-5-21-16-22(26(31)32)7-6-20(21)15-18/h1-3,5-9,15-16,24H,4,10-14,17H2,(H,28,30)(H,31,32). The molecule has 3 aromatic rings. The second-order valence-electron chi connectivity index (χ2n) is 8.45. The van der Waals surface area contributed by atoms with Gasteiger partial charge in [0, 0.05) is 37.1 Å². The molecule has 6 heteroatoms. The summed E-state index contributed by atoms with van der Waals surface area (Å²) < 4.78 is 0. The molecular weight excluding hydrogens is 424 g/mol. The number of fused-ring (bicyclic) bond motifs is 1. The lowest BCUT2D eigenvalue weighted by molar-refractivity contribution is -0.122. The predicted octanol–water partition coefficient (Wildman–Crippen LogP) is 4.90. The molecule has 166 valence electrons. The van der Waals surface area contributed by atoms with Gasteiger partial charge in [0.2, 0.25) is 5.91 Å². The number of nitrogens with one attached hydrogen (secondary N) is 1. The van der Waals surface area contributed by atoms with Crippen molar-refractivity contribution in [2.24, 2.45) is 0 Å². The summed E-state index contributed by atoms with van der Waals surface area (Å²) in [6.45, 7) is 2.85. The first-order valence-corrected chi connectivity index (χ1v) is 11.4. The Morgan fingerprint density at radius 2 is 1.59 bits per heavy atom. The number of carboxylic acids is 1. The average molecular weight is 451 g/mol. The Labute approximate surface area is 193 Å². The molecule has 0 saturated carbocycles. The first-order valence-electron chi connectivity index (χ1n) is 11.0. The summed E-state index contributed by atoms with van der Waals surface area (Å²) in [5.74, 6) is -0.842. The third-order valence-corrected chi connectivity index (χ3v) is 6.32. The maximum Gasteiger partial charge on any atom is 0.335 e. The van der Waals surface area contributed by atoms with Gasteiger partial charge in [0.25, 0.3) is 0 Å². The van der Waals surface area contributed by atoms with E-state index >= 15 is 0 Å². The van der Waals surface area contributed by atoms with Gasteiger partial charge in [-0.3, -0.25) is 9.69 Å². The molecule has 0 unspecified atom stereocenters. The number of hydrogen-bond acceptors (Lipinski definition) is 3. The van der Waals surface area contributed by atoms with Crippen LogP contribution in [-0.4, -0.2) is 41.0 Å². The Hall–Kier alpha value is -2.89. The van der Waals surface area contributed by atoms with E-state index < -0.39 is 5.97 Å². The van der Waals surface area contributed by atoms with Gasteiger partial charge in [0.15, 0.2) is 0 Å². The van der Waals surface area contributed by atoms with Crippen LogP contribution in [0.4, 0.5) is 0 Å². The van der Waals surface area contributed by atoms with Crippen LogP contribution < -0.4 is 5.32 Å². The summed E-state index contributed by atoms with van der Waals surface area (Å²) in [5, 5.41) is 14.9. The Kier molecular flexibility index (Phi) is 7.08. The highest BCUT2D eigenvalue weighted by Crippen LogP contribution is 2.20. The Bertz CT molecular complexity index is 1110. The van der Waals surface area contributed by atoms with Gasteiger partial charge in [0.1, 0.15) is 0 Å². The van der Waals surface area contributed by atoms with E-state index in [1.807, 2.05) is 36.4 Å². The molecular formula is C26H27ClN2O3. The Morgan fingerprint density at radius 3 is 2.31 bits per heavy atom. The van der Waals surface area contributed by atoms with Crippen LogP contribution in [0.3, 0.4) is 0 Å². The highest BCUT2D eigenvalue weighted by atomic mass is 35.5. The van der Waals surface area contributed by atoms with Crippen LogP contribution in [0.25, 0.3) is 10.8 Å². The lowest BCUT2D eigenvalue weighted by Crippen LogP contribution is -2.44. The smallest absolute Gasteiger partial charge is 0.335 e. The monoisotopic (exact) mass is 450 g/mol. The minimum atomic E-state index is -0.927. The van der Waals surface area contributed by atoms with E-state index in [-0.39, 0.29) is 17.5 Å². The molecule has 1 amide bonds. The molecule has 0 spiro atoms. The molecule has 2 N–H and O–H groups in total. The highest BCUT2D eigenvalue weighted by molar-refractivity contribution is 6.30. The van der Waals surface area contributed by atoms with Crippen molar-refractivity contribution in [2.75, 3.05) is 13.1 Å². The molecule has 1 saturated heterocycles. The molecule has 0 atom stereocenters. The zero-order chi connectivity index (χ0) is 22.5. The maximum absolute atomic E-state index is 12.5. The number of halogens is 1. The number of rotatable bonds is 7. The van der Waals surface area contributed by atoms with E-state index in [1.54, 1.807) is 12.1 Å². The molecule has 0 radical (unpaired) electrons. The number of amides is 1. The van der Waals surface area contributed by atoms with Crippen LogP contribution in [0.2, 0.25) is 5.02 Å². The van der Waals surface area contributed by atoms with Crippen molar-refractivity contribution >= 4 is 34.2 Å². The van der Waals surface area contributed by atoms with Gasteiger partial charge in [-0.2, -0.15) is 0 Å². The topological polar surface area (TPSA) is 69.6 Å². The third kappa shape index (κ3) is 5.87. The maximum atomic E-state index is 12.5. The van der Waals surface area contributed by atoms with Crippen LogP contribution in [0, 0.1) is 0 Å². The molecule has 0 aliphatic carbocycles. The van der Waals surface area contributed by atoms with Crippen LogP contribution in [0.1, 0.15) is 40.7 Å². The summed E-state index contributed by atoms with van der Waals surface area (Å²) in [7, 11) is 0. The van der Waals surface area contributed by atoms with Gasteiger partial charge in [-0.05, 0) is 65.4 Å². The van der Waals surface area contributed by atoms with E-state index in [0.29, 0.717) is 12.8 Å². The van der Waals surface area contributed by atoms with E-state index in [9.17, 15) is 9.59 Å². The molecule has 1 aliphatic heterocycles. The van der Waals surface area contributed by atoms with E-state index in [4.69, 9.17) is 16.7 Å². The number of aryl methyl sites for hydroxylation is 1. The van der Waals surface area contributed by atoms with Crippen molar-refractivity contribution in [3.8, 4) is 0 Å². The van der Waals surface area contributed by atoms with E-state index in [2.05, 4.69) is 22.3 Å². The largest absolute Gasteiger partial charge is 0.478 e. The van der Waals surface area contributed by atoms with Crippen LogP contribution in [0.5, 0.6) is 0 Å². The van der Waals surface area contributed by atoms with Crippen molar-refractivity contribution in [3.63, 3.8) is 0 Å². The fourth-order valence-corrected chi connectivity index (χ4v) is 4.35. The Morgan fingerprint density at radius 1 is 0.938 bits per heavy atom. The highest BCUT2D eigenvalue weighted by Gasteiger charge is 2.20. The van der Waals surface area contributed by atoms with Gasteiger partial charge in [-0.15, -0.1) is 0 Å². The van der Waals surface area contributed by atoms with Crippen molar-refractivity contribution in [1.82, 2.24) is 10.2 Å². The number of carbonyl (C=O) groups is 2. The minimum Gasteiger partial charge on any atom is -0.478 e. The van der Waals surface area contributed by atoms with E-state index in [1.165, 1.54) is 5.56 Å². The zero-order valence-corrected chi connectivity index (χ0v) is 18.6. The fourth-order valence-electron chi connectivity index (χ4n) is 4.22.